The molecular formula is C28H34N4O3S2. The zero-order valence-corrected chi connectivity index (χ0v) is 23.3. The second-order valence-electron chi connectivity index (χ2n) is 9.98. The molecule has 1 aliphatic heterocycles. The number of nitrogens with one attached hydrogen (secondary N) is 2. The number of piperidine rings is 1. The Morgan fingerprint density at radius 1 is 0.946 bits per heavy atom. The Kier molecular flexibility index (Phi) is 8.66. The van der Waals surface area contributed by atoms with Crippen LogP contribution in [0, 0.1) is 0 Å². The Labute approximate surface area is 227 Å². The van der Waals surface area contributed by atoms with E-state index in [9.17, 15) is 9.59 Å². The molecular weight excluding hydrogens is 504 g/mol. The topological polar surface area (TPSA) is 73.9 Å². The highest BCUT2D eigenvalue weighted by atomic mass is 32.2. The highest BCUT2D eigenvalue weighted by Crippen LogP contribution is 2.38. The van der Waals surface area contributed by atoms with E-state index in [0.29, 0.717) is 5.92 Å². The third-order valence-electron chi connectivity index (χ3n) is 5.90. The molecule has 1 aliphatic rings. The Hall–Kier alpha value is -3.17. The number of ether oxygens (including phenoxy) is 1. The summed E-state index contributed by atoms with van der Waals surface area (Å²) >= 11 is 3.50. The Balaban J connectivity index is 1.26. The Morgan fingerprint density at radius 2 is 1.57 bits per heavy atom. The standard InChI is InChI=1S/C28H34N4O3S2/c1-28(2,3)35-27(34)32-18-16-20(17-19-32)24-14-15-25(36-24)37-31(4)23-12-10-22(11-13-23)30-26(33)29-21-8-6-5-7-9-21/h5-15,20H,16-19H2,1-4H3,(H2,29,30,33). The van der Waals surface area contributed by atoms with Crippen LogP contribution in [0.15, 0.2) is 70.9 Å². The number of anilines is 3. The Bertz CT molecular complexity index is 1180. The third-order valence-corrected chi connectivity index (χ3v) is 8.22. The molecule has 9 heteroatoms. The van der Waals surface area contributed by atoms with Crippen LogP contribution in [0.1, 0.15) is 44.4 Å². The molecule has 3 aromatic rings. The summed E-state index contributed by atoms with van der Waals surface area (Å²) < 4.78 is 8.85. The van der Waals surface area contributed by atoms with E-state index in [1.807, 2.05) is 98.7 Å². The average molecular weight is 539 g/mol. The first kappa shape index (κ1) is 26.9. The van der Waals surface area contributed by atoms with Crippen molar-refractivity contribution in [3.8, 4) is 0 Å². The summed E-state index contributed by atoms with van der Waals surface area (Å²) in [6.07, 6.45) is 1.69. The monoisotopic (exact) mass is 538 g/mol. The van der Waals surface area contributed by atoms with Crippen molar-refractivity contribution in [2.75, 3.05) is 35.1 Å². The molecule has 7 nitrogen and oxygen atoms in total. The second kappa shape index (κ2) is 11.9. The summed E-state index contributed by atoms with van der Waals surface area (Å²) in [4.78, 5) is 27.7. The molecule has 196 valence electrons. The molecule has 4 rings (SSSR count). The lowest BCUT2D eigenvalue weighted by Gasteiger charge is -2.33. The van der Waals surface area contributed by atoms with Gasteiger partial charge in [-0.25, -0.2) is 9.59 Å². The fraction of sp³-hybridized carbons (Fsp3) is 0.357. The number of para-hydroxylation sites is 1. The van der Waals surface area contributed by atoms with E-state index in [-0.39, 0.29) is 12.1 Å². The number of benzene rings is 2. The largest absolute Gasteiger partial charge is 0.444 e. The van der Waals surface area contributed by atoms with Gasteiger partial charge < -0.3 is 24.6 Å². The van der Waals surface area contributed by atoms with Gasteiger partial charge in [0.25, 0.3) is 0 Å². The van der Waals surface area contributed by atoms with Crippen molar-refractivity contribution < 1.29 is 14.3 Å². The highest BCUT2D eigenvalue weighted by Gasteiger charge is 2.28. The molecule has 0 saturated carbocycles. The van der Waals surface area contributed by atoms with Crippen molar-refractivity contribution in [2.24, 2.45) is 0 Å². The van der Waals surface area contributed by atoms with Crippen molar-refractivity contribution in [3.63, 3.8) is 0 Å². The van der Waals surface area contributed by atoms with Gasteiger partial charge in [0.15, 0.2) is 0 Å². The van der Waals surface area contributed by atoms with Crippen LogP contribution in [0.25, 0.3) is 0 Å². The van der Waals surface area contributed by atoms with Gasteiger partial charge in [0.1, 0.15) is 5.60 Å². The quantitative estimate of drug-likeness (QED) is 0.315. The summed E-state index contributed by atoms with van der Waals surface area (Å²) in [5.74, 6) is 0.468. The lowest BCUT2D eigenvalue weighted by Crippen LogP contribution is -2.41. The number of rotatable bonds is 6. The van der Waals surface area contributed by atoms with Gasteiger partial charge in [0.05, 0.1) is 4.21 Å². The molecule has 0 atom stereocenters. The number of hydrogen-bond acceptors (Lipinski definition) is 6. The number of likely N-dealkylation sites (tertiary alicyclic amines) is 1. The predicted octanol–water partition coefficient (Wildman–Crippen LogP) is 7.65. The van der Waals surface area contributed by atoms with E-state index in [2.05, 4.69) is 27.1 Å². The predicted molar refractivity (Wildman–Crippen MR) is 154 cm³/mol. The average Bonchev–Trinajstić information content (AvgIpc) is 3.32. The number of carbonyl (C=O) groups excluding carboxylic acids is 2. The van der Waals surface area contributed by atoms with Crippen LogP contribution in [-0.2, 0) is 4.74 Å². The van der Waals surface area contributed by atoms with E-state index >= 15 is 0 Å². The van der Waals surface area contributed by atoms with E-state index in [1.165, 1.54) is 9.09 Å². The Morgan fingerprint density at radius 3 is 2.19 bits per heavy atom. The molecule has 37 heavy (non-hydrogen) atoms. The van der Waals surface area contributed by atoms with Crippen molar-refractivity contribution in [1.82, 2.24) is 4.90 Å². The SMILES string of the molecule is CN(Sc1ccc(C2CCN(C(=O)OC(C)(C)C)CC2)s1)c1ccc(NC(=O)Nc2ccccc2)cc1. The lowest BCUT2D eigenvalue weighted by molar-refractivity contribution is 0.0205. The number of thiophene rings is 1. The number of hydrogen-bond donors (Lipinski definition) is 2. The molecule has 2 heterocycles. The first-order valence-corrected chi connectivity index (χ1v) is 14.0. The van der Waals surface area contributed by atoms with Gasteiger partial charge in [-0.05, 0) is 100 Å². The van der Waals surface area contributed by atoms with E-state index < -0.39 is 5.60 Å². The van der Waals surface area contributed by atoms with Crippen molar-refractivity contribution in [2.45, 2.75) is 49.3 Å². The maximum absolute atomic E-state index is 12.3. The maximum Gasteiger partial charge on any atom is 0.410 e. The van der Waals surface area contributed by atoms with Gasteiger partial charge in [0.2, 0.25) is 0 Å². The van der Waals surface area contributed by atoms with Crippen LogP contribution >= 0.6 is 23.3 Å². The minimum absolute atomic E-state index is 0.215. The van der Waals surface area contributed by atoms with Crippen LogP contribution in [0.4, 0.5) is 26.7 Å². The van der Waals surface area contributed by atoms with Crippen molar-refractivity contribution >= 4 is 52.5 Å². The summed E-state index contributed by atoms with van der Waals surface area (Å²) in [7, 11) is 2.04. The smallest absolute Gasteiger partial charge is 0.410 e. The molecule has 0 spiro atoms. The van der Waals surface area contributed by atoms with Crippen LogP contribution in [0.2, 0.25) is 0 Å². The van der Waals surface area contributed by atoms with Gasteiger partial charge >= 0.3 is 12.1 Å². The molecule has 0 unspecified atom stereocenters. The first-order chi connectivity index (χ1) is 17.7. The van der Waals surface area contributed by atoms with E-state index in [1.54, 1.807) is 11.9 Å². The molecule has 3 amide bonds. The minimum atomic E-state index is -0.465. The van der Waals surface area contributed by atoms with E-state index in [0.717, 1.165) is 43.0 Å². The molecule has 1 fully saturated rings. The first-order valence-electron chi connectivity index (χ1n) is 12.4. The number of urea groups is 1. The molecule has 1 saturated heterocycles. The number of amides is 3. The molecule has 0 radical (unpaired) electrons. The summed E-state index contributed by atoms with van der Waals surface area (Å²) in [5.41, 5.74) is 2.05. The van der Waals surface area contributed by atoms with E-state index in [4.69, 9.17) is 4.74 Å². The highest BCUT2D eigenvalue weighted by molar-refractivity contribution is 8.02. The van der Waals surface area contributed by atoms with Gasteiger partial charge in [-0.2, -0.15) is 0 Å². The number of carbonyl (C=O) groups is 2. The van der Waals surface area contributed by atoms with Crippen LogP contribution < -0.4 is 14.9 Å². The van der Waals surface area contributed by atoms with Crippen LogP contribution in [0.3, 0.4) is 0 Å². The third kappa shape index (κ3) is 7.90. The summed E-state index contributed by atoms with van der Waals surface area (Å²) in [6, 6.07) is 21.2. The van der Waals surface area contributed by atoms with Crippen LogP contribution in [0.5, 0.6) is 0 Å². The van der Waals surface area contributed by atoms with Gasteiger partial charge in [-0.1, -0.05) is 18.2 Å². The molecule has 2 N–H and O–H groups in total. The molecule has 0 aliphatic carbocycles. The summed E-state index contributed by atoms with van der Waals surface area (Å²) in [5, 5.41) is 5.68. The minimum Gasteiger partial charge on any atom is -0.444 e. The fourth-order valence-electron chi connectivity index (χ4n) is 4.03. The fourth-order valence-corrected chi connectivity index (χ4v) is 6.34. The zero-order valence-electron chi connectivity index (χ0n) is 21.7. The number of nitrogens with zero attached hydrogens (tertiary/aromatic N) is 2. The maximum atomic E-state index is 12.3. The van der Waals surface area contributed by atoms with Gasteiger partial charge in [0, 0.05) is 42.1 Å². The van der Waals surface area contributed by atoms with Crippen molar-refractivity contribution in [1.29, 1.82) is 0 Å². The normalized spacial score (nSPS) is 14.2. The van der Waals surface area contributed by atoms with Gasteiger partial charge in [-0.3, -0.25) is 0 Å². The summed E-state index contributed by atoms with van der Waals surface area (Å²) in [6.45, 7) is 7.15. The zero-order chi connectivity index (χ0) is 26.4. The van der Waals surface area contributed by atoms with Crippen LogP contribution in [-0.4, -0.2) is 42.8 Å². The molecule has 2 aromatic carbocycles. The lowest BCUT2D eigenvalue weighted by atomic mass is 9.95. The molecule has 0 bridgehead atoms. The molecule has 1 aromatic heterocycles. The van der Waals surface area contributed by atoms with Gasteiger partial charge in [-0.15, -0.1) is 11.3 Å². The second-order valence-corrected chi connectivity index (χ2v) is 12.5. The van der Waals surface area contributed by atoms with Crippen molar-refractivity contribution in [3.05, 3.63) is 71.6 Å².